The molecule has 0 radical (unpaired) electrons. The second-order valence-electron chi connectivity index (χ2n) is 10.0. The summed E-state index contributed by atoms with van der Waals surface area (Å²) in [5, 5.41) is 1.87. The Kier molecular flexibility index (Phi) is 6.87. The van der Waals surface area contributed by atoms with E-state index in [-0.39, 0.29) is 29.8 Å². The maximum absolute atomic E-state index is 13.2. The van der Waals surface area contributed by atoms with Gasteiger partial charge in [-0.05, 0) is 56.5 Å². The van der Waals surface area contributed by atoms with Crippen LogP contribution in [0.5, 0.6) is 0 Å². The van der Waals surface area contributed by atoms with Gasteiger partial charge in [-0.2, -0.15) is 4.31 Å². The van der Waals surface area contributed by atoms with Gasteiger partial charge in [-0.1, -0.05) is 30.3 Å². The molecule has 2 heterocycles. The molecule has 0 saturated carbocycles. The maximum atomic E-state index is 13.2. The van der Waals surface area contributed by atoms with Gasteiger partial charge in [-0.3, -0.25) is 4.79 Å². The molecular formula is C25H33N3O5S. The van der Waals surface area contributed by atoms with Gasteiger partial charge in [0.05, 0.1) is 10.8 Å². The Labute approximate surface area is 201 Å². The van der Waals surface area contributed by atoms with Crippen LogP contribution in [0.3, 0.4) is 0 Å². The number of benzene rings is 2. The molecule has 2 aliphatic rings. The van der Waals surface area contributed by atoms with Gasteiger partial charge < -0.3 is 14.5 Å². The molecule has 0 bridgehead atoms. The third-order valence-corrected chi connectivity index (χ3v) is 8.23. The monoisotopic (exact) mass is 487 g/mol. The predicted molar refractivity (Wildman–Crippen MR) is 130 cm³/mol. The summed E-state index contributed by atoms with van der Waals surface area (Å²) in [6.45, 7) is 7.57. The van der Waals surface area contributed by atoms with Gasteiger partial charge in [-0.25, -0.2) is 13.2 Å². The van der Waals surface area contributed by atoms with Gasteiger partial charge in [0, 0.05) is 39.3 Å². The average molecular weight is 488 g/mol. The van der Waals surface area contributed by atoms with E-state index in [9.17, 15) is 18.0 Å². The van der Waals surface area contributed by atoms with E-state index in [1.807, 2.05) is 51.1 Å². The van der Waals surface area contributed by atoms with Crippen LogP contribution in [-0.4, -0.2) is 79.4 Å². The van der Waals surface area contributed by atoms with Gasteiger partial charge in [0.25, 0.3) is 0 Å². The first-order chi connectivity index (χ1) is 16.0. The summed E-state index contributed by atoms with van der Waals surface area (Å²) in [5.74, 6) is -0.305. The number of fused-ring (bicyclic) bond motifs is 1. The number of rotatable bonds is 3. The van der Waals surface area contributed by atoms with E-state index in [4.69, 9.17) is 4.74 Å². The Balaban J connectivity index is 1.37. The zero-order valence-corrected chi connectivity index (χ0v) is 20.9. The molecular weight excluding hydrogens is 454 g/mol. The second-order valence-corrected chi connectivity index (χ2v) is 11.9. The fourth-order valence-corrected chi connectivity index (χ4v) is 6.01. The first-order valence-electron chi connectivity index (χ1n) is 11.8. The largest absolute Gasteiger partial charge is 0.444 e. The Hall–Kier alpha value is -2.65. The van der Waals surface area contributed by atoms with Crippen LogP contribution >= 0.6 is 0 Å². The van der Waals surface area contributed by atoms with Crippen LogP contribution in [0.4, 0.5) is 4.79 Å². The lowest BCUT2D eigenvalue weighted by Crippen LogP contribution is -2.54. The molecule has 0 aromatic heterocycles. The third-order valence-electron chi connectivity index (χ3n) is 6.33. The molecule has 2 amide bonds. The number of likely N-dealkylation sites (tertiary alicyclic amines) is 1. The topological polar surface area (TPSA) is 87.2 Å². The number of carbonyl (C=O) groups excluding carboxylic acids is 2. The molecule has 9 heteroatoms. The fourth-order valence-electron chi connectivity index (χ4n) is 4.55. The molecule has 2 aromatic carbocycles. The normalized spacial score (nSPS) is 20.4. The zero-order chi connectivity index (χ0) is 24.5. The molecule has 34 heavy (non-hydrogen) atoms. The number of piperidine rings is 1. The molecule has 1 unspecified atom stereocenters. The van der Waals surface area contributed by atoms with Crippen molar-refractivity contribution in [2.75, 3.05) is 39.3 Å². The number of amides is 2. The van der Waals surface area contributed by atoms with Crippen molar-refractivity contribution in [3.05, 3.63) is 42.5 Å². The highest BCUT2D eigenvalue weighted by Gasteiger charge is 2.36. The van der Waals surface area contributed by atoms with Crippen molar-refractivity contribution < 1.29 is 22.7 Å². The highest BCUT2D eigenvalue weighted by molar-refractivity contribution is 7.89. The SMILES string of the molecule is CC(C)(C)OC(=O)N1CCCC(C(=O)N2CCN(S(=O)(=O)c3ccc4ccccc4c3)CC2)C1. The Morgan fingerprint density at radius 2 is 1.59 bits per heavy atom. The van der Waals surface area contributed by atoms with Crippen molar-refractivity contribution in [1.82, 2.24) is 14.1 Å². The van der Waals surface area contributed by atoms with Gasteiger partial charge in [-0.15, -0.1) is 0 Å². The summed E-state index contributed by atoms with van der Waals surface area (Å²) in [6, 6.07) is 12.8. The zero-order valence-electron chi connectivity index (χ0n) is 20.1. The van der Waals surface area contributed by atoms with E-state index >= 15 is 0 Å². The number of sulfonamides is 1. The van der Waals surface area contributed by atoms with Crippen molar-refractivity contribution in [2.45, 2.75) is 44.1 Å². The molecule has 0 spiro atoms. The van der Waals surface area contributed by atoms with Crippen LogP contribution in [0.25, 0.3) is 10.8 Å². The molecule has 8 nitrogen and oxygen atoms in total. The number of hydrogen-bond donors (Lipinski definition) is 0. The molecule has 2 aliphatic heterocycles. The summed E-state index contributed by atoms with van der Waals surface area (Å²) in [6.07, 6.45) is 1.07. The van der Waals surface area contributed by atoms with E-state index in [1.54, 1.807) is 21.9 Å². The maximum Gasteiger partial charge on any atom is 0.410 e. The highest BCUT2D eigenvalue weighted by atomic mass is 32.2. The molecule has 2 fully saturated rings. The summed E-state index contributed by atoms with van der Waals surface area (Å²) < 4.78 is 33.3. The standard InChI is InChI=1S/C25H33N3O5S/c1-25(2,3)33-24(30)27-12-6-9-21(18-27)23(29)26-13-15-28(16-14-26)34(31,32)22-11-10-19-7-4-5-8-20(19)17-22/h4-5,7-8,10-11,17,21H,6,9,12-16,18H2,1-3H3. The van der Waals surface area contributed by atoms with Crippen molar-refractivity contribution >= 4 is 32.8 Å². The molecule has 2 aromatic rings. The molecule has 1 atom stereocenters. The summed E-state index contributed by atoms with van der Waals surface area (Å²) in [4.78, 5) is 29.2. The lowest BCUT2D eigenvalue weighted by Gasteiger charge is -2.38. The van der Waals surface area contributed by atoms with E-state index < -0.39 is 21.7 Å². The van der Waals surface area contributed by atoms with Gasteiger partial charge in [0.1, 0.15) is 5.60 Å². The molecule has 184 valence electrons. The molecule has 0 N–H and O–H groups in total. The lowest BCUT2D eigenvalue weighted by molar-refractivity contribution is -0.138. The molecule has 2 saturated heterocycles. The van der Waals surface area contributed by atoms with Crippen molar-refractivity contribution in [3.63, 3.8) is 0 Å². The van der Waals surface area contributed by atoms with E-state index in [0.29, 0.717) is 32.6 Å². The first-order valence-corrected chi connectivity index (χ1v) is 13.2. The molecule has 0 aliphatic carbocycles. The summed E-state index contributed by atoms with van der Waals surface area (Å²) in [5.41, 5.74) is -0.582. The van der Waals surface area contributed by atoms with Gasteiger partial charge >= 0.3 is 6.09 Å². The minimum Gasteiger partial charge on any atom is -0.444 e. The van der Waals surface area contributed by atoms with Crippen LogP contribution in [0.15, 0.2) is 47.4 Å². The minimum absolute atomic E-state index is 0.0176. The van der Waals surface area contributed by atoms with Crippen LogP contribution in [0.2, 0.25) is 0 Å². The number of ether oxygens (including phenoxy) is 1. The van der Waals surface area contributed by atoms with Crippen LogP contribution < -0.4 is 0 Å². The quantitative estimate of drug-likeness (QED) is 0.663. The highest BCUT2D eigenvalue weighted by Crippen LogP contribution is 2.25. The van der Waals surface area contributed by atoms with Crippen LogP contribution in [0.1, 0.15) is 33.6 Å². The predicted octanol–water partition coefficient (Wildman–Crippen LogP) is 3.32. The first kappa shape index (κ1) is 24.5. The van der Waals surface area contributed by atoms with Gasteiger partial charge in [0.2, 0.25) is 15.9 Å². The minimum atomic E-state index is -3.64. The van der Waals surface area contributed by atoms with Crippen LogP contribution in [-0.2, 0) is 19.6 Å². The van der Waals surface area contributed by atoms with Gasteiger partial charge in [0.15, 0.2) is 0 Å². The summed E-state index contributed by atoms with van der Waals surface area (Å²) in [7, 11) is -3.64. The third kappa shape index (κ3) is 5.36. The van der Waals surface area contributed by atoms with Crippen molar-refractivity contribution in [2.24, 2.45) is 5.92 Å². The number of piperazine rings is 1. The number of carbonyl (C=O) groups is 2. The van der Waals surface area contributed by atoms with Crippen LogP contribution in [0, 0.1) is 5.92 Å². The van der Waals surface area contributed by atoms with Crippen molar-refractivity contribution in [1.29, 1.82) is 0 Å². The second kappa shape index (κ2) is 9.54. The summed E-state index contributed by atoms with van der Waals surface area (Å²) >= 11 is 0. The van der Waals surface area contributed by atoms with Crippen molar-refractivity contribution in [3.8, 4) is 0 Å². The average Bonchev–Trinajstić information content (AvgIpc) is 2.82. The molecule has 4 rings (SSSR count). The fraction of sp³-hybridized carbons (Fsp3) is 0.520. The lowest BCUT2D eigenvalue weighted by atomic mass is 9.96. The number of hydrogen-bond acceptors (Lipinski definition) is 5. The Morgan fingerprint density at radius 3 is 2.26 bits per heavy atom. The Morgan fingerprint density at radius 1 is 0.912 bits per heavy atom. The van der Waals surface area contributed by atoms with E-state index in [1.165, 1.54) is 4.31 Å². The van der Waals surface area contributed by atoms with E-state index in [2.05, 4.69) is 0 Å². The number of nitrogens with zero attached hydrogens (tertiary/aromatic N) is 3. The smallest absolute Gasteiger partial charge is 0.410 e. The Bertz CT molecular complexity index is 1170. The van der Waals surface area contributed by atoms with E-state index in [0.717, 1.165) is 17.2 Å².